The molecule has 2 heterocycles. The van der Waals surface area contributed by atoms with E-state index in [0.717, 1.165) is 32.5 Å². The molecule has 0 aliphatic rings. The van der Waals surface area contributed by atoms with Crippen LogP contribution in [0.15, 0.2) is 40.1 Å². The van der Waals surface area contributed by atoms with E-state index in [0.29, 0.717) is 11.5 Å². The summed E-state index contributed by atoms with van der Waals surface area (Å²) >= 11 is 3.21. The van der Waals surface area contributed by atoms with Gasteiger partial charge in [0.15, 0.2) is 11.5 Å². The molecule has 0 fully saturated rings. The quantitative estimate of drug-likeness (QED) is 0.486. The van der Waals surface area contributed by atoms with E-state index in [1.807, 2.05) is 42.8 Å². The molecule has 0 atom stereocenters. The maximum absolute atomic E-state index is 5.38. The predicted molar refractivity (Wildman–Crippen MR) is 106 cm³/mol. The van der Waals surface area contributed by atoms with Crippen LogP contribution in [0.4, 0.5) is 5.13 Å². The number of rotatable bonds is 6. The summed E-state index contributed by atoms with van der Waals surface area (Å²) in [5, 5.41) is 9.31. The minimum atomic E-state index is 0.687. The van der Waals surface area contributed by atoms with Crippen molar-refractivity contribution in [2.24, 2.45) is 5.10 Å². The molecule has 0 unspecified atom stereocenters. The fraction of sp³-hybridized carbons (Fsp3) is 0.222. The van der Waals surface area contributed by atoms with Crippen molar-refractivity contribution in [2.45, 2.75) is 13.8 Å². The number of hydrogen-bond donors (Lipinski definition) is 1. The number of nitrogens with zero attached hydrogens (tertiary/aromatic N) is 2. The first-order chi connectivity index (χ1) is 12.1. The Hall–Kier alpha value is -2.38. The van der Waals surface area contributed by atoms with E-state index in [-0.39, 0.29) is 0 Å². The molecule has 0 bridgehead atoms. The zero-order valence-corrected chi connectivity index (χ0v) is 16.1. The molecule has 1 N–H and O–H groups in total. The molecule has 7 heteroatoms. The summed E-state index contributed by atoms with van der Waals surface area (Å²) in [4.78, 5) is 5.72. The Kier molecular flexibility index (Phi) is 5.35. The first-order valence-corrected chi connectivity index (χ1v) is 9.41. The molecule has 3 aromatic rings. The summed E-state index contributed by atoms with van der Waals surface area (Å²) in [5.74, 6) is 1.40. The molecule has 0 aliphatic heterocycles. The summed E-state index contributed by atoms with van der Waals surface area (Å²) in [6.45, 7) is 3.98. The largest absolute Gasteiger partial charge is 0.493 e. The van der Waals surface area contributed by atoms with Gasteiger partial charge in [-0.05, 0) is 43.0 Å². The van der Waals surface area contributed by atoms with Crippen molar-refractivity contribution >= 4 is 33.5 Å². The number of anilines is 1. The van der Waals surface area contributed by atoms with Gasteiger partial charge >= 0.3 is 0 Å². The number of hydrazone groups is 1. The van der Waals surface area contributed by atoms with Crippen LogP contribution in [-0.4, -0.2) is 24.9 Å². The lowest BCUT2D eigenvalue weighted by molar-refractivity contribution is 0.354. The summed E-state index contributed by atoms with van der Waals surface area (Å²) in [6, 6.07) is 7.97. The van der Waals surface area contributed by atoms with Crippen molar-refractivity contribution < 1.29 is 9.47 Å². The molecular formula is C18H19N3O2S2. The number of thiazole rings is 1. The van der Waals surface area contributed by atoms with Gasteiger partial charge in [-0.15, -0.1) is 22.7 Å². The van der Waals surface area contributed by atoms with Crippen LogP contribution >= 0.6 is 22.7 Å². The monoisotopic (exact) mass is 373 g/mol. The summed E-state index contributed by atoms with van der Waals surface area (Å²) in [7, 11) is 3.26. The van der Waals surface area contributed by atoms with Crippen molar-refractivity contribution in [3.63, 3.8) is 0 Å². The van der Waals surface area contributed by atoms with Gasteiger partial charge in [-0.1, -0.05) is 6.07 Å². The molecule has 0 saturated heterocycles. The van der Waals surface area contributed by atoms with Crippen molar-refractivity contribution in [3.8, 4) is 22.1 Å². The predicted octanol–water partition coefficient (Wildman–Crippen LogP) is 5.03. The number of methoxy groups -OCH3 is 2. The second-order valence-electron chi connectivity index (χ2n) is 5.35. The summed E-state index contributed by atoms with van der Waals surface area (Å²) in [5.41, 5.74) is 6.94. The Labute approximate surface area is 155 Å². The van der Waals surface area contributed by atoms with Crippen LogP contribution in [-0.2, 0) is 0 Å². The third-order valence-corrected chi connectivity index (χ3v) is 5.36. The van der Waals surface area contributed by atoms with Crippen molar-refractivity contribution in [2.75, 3.05) is 19.6 Å². The van der Waals surface area contributed by atoms with Gasteiger partial charge in [-0.2, -0.15) is 5.10 Å². The van der Waals surface area contributed by atoms with Crippen LogP contribution in [0, 0.1) is 6.92 Å². The van der Waals surface area contributed by atoms with Gasteiger partial charge in [-0.25, -0.2) is 4.98 Å². The molecule has 130 valence electrons. The maximum atomic E-state index is 5.38. The highest BCUT2D eigenvalue weighted by atomic mass is 32.1. The van der Waals surface area contributed by atoms with E-state index < -0.39 is 0 Å². The summed E-state index contributed by atoms with van der Waals surface area (Å²) < 4.78 is 10.7. The van der Waals surface area contributed by atoms with Gasteiger partial charge in [0.1, 0.15) is 0 Å². The second kappa shape index (κ2) is 7.67. The van der Waals surface area contributed by atoms with Gasteiger partial charge in [0.05, 0.1) is 30.5 Å². The van der Waals surface area contributed by atoms with Crippen LogP contribution in [0.2, 0.25) is 0 Å². The Balaban J connectivity index is 1.80. The zero-order chi connectivity index (χ0) is 17.8. The van der Waals surface area contributed by atoms with Gasteiger partial charge in [0.25, 0.3) is 0 Å². The third kappa shape index (κ3) is 3.83. The lowest BCUT2D eigenvalue weighted by Crippen LogP contribution is -2.03. The fourth-order valence-electron chi connectivity index (χ4n) is 2.42. The smallest absolute Gasteiger partial charge is 0.203 e. The highest BCUT2D eigenvalue weighted by Gasteiger charge is 2.11. The molecule has 0 amide bonds. The first-order valence-electron chi connectivity index (χ1n) is 7.65. The van der Waals surface area contributed by atoms with E-state index in [2.05, 4.69) is 21.6 Å². The molecule has 1 aromatic carbocycles. The first kappa shape index (κ1) is 17.4. The van der Waals surface area contributed by atoms with Crippen LogP contribution in [0.25, 0.3) is 10.6 Å². The molecule has 0 spiro atoms. The summed E-state index contributed by atoms with van der Waals surface area (Å²) in [6.07, 6.45) is 0. The average molecular weight is 374 g/mol. The Morgan fingerprint density at radius 3 is 2.60 bits per heavy atom. The van der Waals surface area contributed by atoms with Gasteiger partial charge in [0.2, 0.25) is 5.13 Å². The number of aryl methyl sites for hydroxylation is 1. The SMILES string of the molecule is COc1cc(C)c(/C(C)=N\Nc2nc(-c3cccs3)cs2)cc1OC. The minimum absolute atomic E-state index is 0.687. The lowest BCUT2D eigenvalue weighted by atomic mass is 10.0. The molecular weight excluding hydrogens is 354 g/mol. The van der Waals surface area contributed by atoms with E-state index in [9.17, 15) is 0 Å². The van der Waals surface area contributed by atoms with Gasteiger partial charge < -0.3 is 9.47 Å². The molecule has 25 heavy (non-hydrogen) atoms. The van der Waals surface area contributed by atoms with Crippen molar-refractivity contribution in [1.29, 1.82) is 0 Å². The van der Waals surface area contributed by atoms with Crippen molar-refractivity contribution in [1.82, 2.24) is 4.98 Å². The normalized spacial score (nSPS) is 11.4. The van der Waals surface area contributed by atoms with Gasteiger partial charge in [-0.3, -0.25) is 5.43 Å². The molecule has 0 radical (unpaired) electrons. The average Bonchev–Trinajstić information content (AvgIpc) is 3.30. The van der Waals surface area contributed by atoms with E-state index in [1.54, 1.807) is 25.6 Å². The minimum Gasteiger partial charge on any atom is -0.493 e. The van der Waals surface area contributed by atoms with E-state index in [4.69, 9.17) is 9.47 Å². The molecule has 5 nitrogen and oxygen atoms in total. The number of ether oxygens (including phenoxy) is 2. The number of nitrogens with one attached hydrogen (secondary N) is 1. The van der Waals surface area contributed by atoms with Crippen LogP contribution in [0.5, 0.6) is 11.5 Å². The zero-order valence-electron chi connectivity index (χ0n) is 14.5. The van der Waals surface area contributed by atoms with Crippen LogP contribution in [0.1, 0.15) is 18.1 Å². The highest BCUT2D eigenvalue weighted by molar-refractivity contribution is 7.15. The topological polar surface area (TPSA) is 55.7 Å². The third-order valence-electron chi connectivity index (χ3n) is 3.72. The standard InChI is InChI=1S/C18H19N3O2S2/c1-11-8-15(22-3)16(23-4)9-13(11)12(2)20-21-18-19-14(10-25-18)17-6-5-7-24-17/h5-10H,1-4H3,(H,19,21)/b20-12-. The number of hydrogen-bond acceptors (Lipinski definition) is 7. The Morgan fingerprint density at radius 1 is 1.16 bits per heavy atom. The van der Waals surface area contributed by atoms with Crippen LogP contribution in [0.3, 0.4) is 0 Å². The Morgan fingerprint density at radius 2 is 1.92 bits per heavy atom. The fourth-order valence-corrected chi connectivity index (χ4v) is 3.84. The van der Waals surface area contributed by atoms with Gasteiger partial charge in [0, 0.05) is 10.9 Å². The molecule has 3 rings (SSSR count). The second-order valence-corrected chi connectivity index (χ2v) is 7.15. The number of thiophene rings is 1. The van der Waals surface area contributed by atoms with E-state index in [1.165, 1.54) is 11.3 Å². The van der Waals surface area contributed by atoms with Crippen molar-refractivity contribution in [3.05, 3.63) is 46.2 Å². The van der Waals surface area contributed by atoms with E-state index >= 15 is 0 Å². The molecule has 0 aliphatic carbocycles. The highest BCUT2D eigenvalue weighted by Crippen LogP contribution is 2.31. The van der Waals surface area contributed by atoms with Crippen LogP contribution < -0.4 is 14.9 Å². The number of benzene rings is 1. The Bertz CT molecular complexity index is 886. The molecule has 0 saturated carbocycles. The maximum Gasteiger partial charge on any atom is 0.203 e. The lowest BCUT2D eigenvalue weighted by Gasteiger charge is -2.12. The molecule has 2 aromatic heterocycles. The number of aromatic nitrogens is 1.